The van der Waals surface area contributed by atoms with Gasteiger partial charge in [-0.25, -0.2) is 9.48 Å². The minimum atomic E-state index is -0.420. The molecule has 0 saturated heterocycles. The molecule has 0 atom stereocenters. The number of hydrogen-bond donors (Lipinski definition) is 1. The predicted octanol–water partition coefficient (Wildman–Crippen LogP) is 3.16. The number of ether oxygens (including phenoxy) is 2. The van der Waals surface area contributed by atoms with E-state index < -0.39 is 5.97 Å². The van der Waals surface area contributed by atoms with Gasteiger partial charge in [-0.2, -0.15) is 5.10 Å². The van der Waals surface area contributed by atoms with Gasteiger partial charge in [0.25, 0.3) is 0 Å². The fourth-order valence-electron chi connectivity index (χ4n) is 2.72. The average molecular weight is 366 g/mol. The average Bonchev–Trinajstić information content (AvgIpc) is 3.12. The minimum absolute atomic E-state index is 0.110. The van der Waals surface area contributed by atoms with E-state index in [4.69, 9.17) is 14.6 Å². The Morgan fingerprint density at radius 3 is 2.52 bits per heavy atom. The number of para-hydroxylation sites is 1. The highest BCUT2D eigenvalue weighted by Gasteiger charge is 2.20. The van der Waals surface area contributed by atoms with Crippen molar-refractivity contribution in [1.29, 1.82) is 0 Å². The number of aromatic nitrogens is 2. The number of esters is 1. The lowest BCUT2D eigenvalue weighted by Crippen LogP contribution is -2.12. The first-order valence-electron chi connectivity index (χ1n) is 8.85. The van der Waals surface area contributed by atoms with Crippen molar-refractivity contribution < 1.29 is 19.4 Å². The maximum atomic E-state index is 12.3. The Hall–Kier alpha value is -3.12. The molecule has 0 aliphatic heterocycles. The molecule has 1 heterocycles. The van der Waals surface area contributed by atoms with Crippen LogP contribution in [0, 0.1) is 0 Å². The van der Waals surface area contributed by atoms with Gasteiger partial charge < -0.3 is 14.6 Å². The van der Waals surface area contributed by atoms with Crippen molar-refractivity contribution in [2.45, 2.75) is 20.0 Å². The van der Waals surface area contributed by atoms with E-state index in [1.54, 1.807) is 11.6 Å². The third-order valence-electron chi connectivity index (χ3n) is 4.06. The topological polar surface area (TPSA) is 73.6 Å². The van der Waals surface area contributed by atoms with Crippen molar-refractivity contribution in [3.05, 3.63) is 77.6 Å². The lowest BCUT2D eigenvalue weighted by atomic mass is 10.1. The van der Waals surface area contributed by atoms with Gasteiger partial charge in [-0.05, 0) is 43.2 Å². The zero-order valence-corrected chi connectivity index (χ0v) is 15.2. The van der Waals surface area contributed by atoms with Crippen LogP contribution < -0.4 is 4.74 Å². The van der Waals surface area contributed by atoms with Crippen LogP contribution in [0.4, 0.5) is 0 Å². The Morgan fingerprint density at radius 2 is 1.85 bits per heavy atom. The zero-order valence-electron chi connectivity index (χ0n) is 15.2. The number of benzene rings is 2. The van der Waals surface area contributed by atoms with Crippen LogP contribution in [0.15, 0.2) is 60.8 Å². The number of aliphatic hydroxyl groups is 1. The number of hydrogen-bond acceptors (Lipinski definition) is 5. The summed E-state index contributed by atoms with van der Waals surface area (Å²) in [5.41, 5.74) is 2.88. The van der Waals surface area contributed by atoms with Gasteiger partial charge in [0.05, 0.1) is 24.2 Å². The van der Waals surface area contributed by atoms with Gasteiger partial charge in [-0.1, -0.05) is 30.3 Å². The van der Waals surface area contributed by atoms with Gasteiger partial charge in [0.2, 0.25) is 0 Å². The molecule has 1 aromatic heterocycles. The van der Waals surface area contributed by atoms with Crippen molar-refractivity contribution in [2.75, 3.05) is 13.2 Å². The molecule has 2 aromatic carbocycles. The largest absolute Gasteiger partial charge is 0.487 e. The summed E-state index contributed by atoms with van der Waals surface area (Å²) in [6.07, 6.45) is 2.11. The Balaban J connectivity index is 1.85. The van der Waals surface area contributed by atoms with Crippen LogP contribution in [0.1, 0.15) is 28.5 Å². The first-order valence-corrected chi connectivity index (χ1v) is 8.85. The number of carbonyl (C=O) groups is 1. The van der Waals surface area contributed by atoms with E-state index in [9.17, 15) is 4.79 Å². The summed E-state index contributed by atoms with van der Waals surface area (Å²) in [7, 11) is 0. The quantitative estimate of drug-likeness (QED) is 0.620. The fourth-order valence-corrected chi connectivity index (χ4v) is 2.72. The number of carbonyl (C=O) groups excluding carboxylic acids is 1. The van der Waals surface area contributed by atoms with E-state index >= 15 is 0 Å². The molecular weight excluding hydrogens is 344 g/mol. The normalized spacial score (nSPS) is 10.6. The molecule has 3 rings (SSSR count). The summed E-state index contributed by atoms with van der Waals surface area (Å²) in [5, 5.41) is 13.3. The van der Waals surface area contributed by atoms with Gasteiger partial charge in [0, 0.05) is 6.61 Å². The van der Waals surface area contributed by atoms with Gasteiger partial charge in [-0.3, -0.25) is 0 Å². The third-order valence-corrected chi connectivity index (χ3v) is 4.06. The molecular formula is C21H22N2O4. The van der Waals surface area contributed by atoms with Crippen molar-refractivity contribution in [3.8, 4) is 11.4 Å². The SMILES string of the molecule is CCOC(=O)c1cnn(-c2ccccc2)c1COc1ccc(CCO)cc1. The van der Waals surface area contributed by atoms with Gasteiger partial charge >= 0.3 is 5.97 Å². The first-order chi connectivity index (χ1) is 13.2. The molecule has 140 valence electrons. The number of nitrogens with zero attached hydrogens (tertiary/aromatic N) is 2. The van der Waals surface area contributed by atoms with Crippen LogP contribution in [0.5, 0.6) is 5.75 Å². The Kier molecular flexibility index (Phi) is 6.22. The van der Waals surface area contributed by atoms with Crippen molar-refractivity contribution >= 4 is 5.97 Å². The van der Waals surface area contributed by atoms with E-state index in [-0.39, 0.29) is 13.2 Å². The number of aliphatic hydroxyl groups excluding tert-OH is 1. The molecule has 0 bridgehead atoms. The highest BCUT2D eigenvalue weighted by molar-refractivity contribution is 5.90. The molecule has 0 aliphatic rings. The van der Waals surface area contributed by atoms with Crippen LogP contribution in [0.25, 0.3) is 5.69 Å². The van der Waals surface area contributed by atoms with Gasteiger partial charge in [-0.15, -0.1) is 0 Å². The first kappa shape index (κ1) is 18.7. The van der Waals surface area contributed by atoms with Gasteiger partial charge in [0.1, 0.15) is 17.9 Å². The summed E-state index contributed by atoms with van der Waals surface area (Å²) >= 11 is 0. The zero-order chi connectivity index (χ0) is 19.1. The van der Waals surface area contributed by atoms with Crippen LogP contribution >= 0.6 is 0 Å². The van der Waals surface area contributed by atoms with Crippen LogP contribution in [0.2, 0.25) is 0 Å². The lowest BCUT2D eigenvalue weighted by molar-refractivity contribution is 0.0523. The molecule has 6 heteroatoms. The summed E-state index contributed by atoms with van der Waals surface area (Å²) in [6, 6.07) is 17.1. The second-order valence-electron chi connectivity index (χ2n) is 5.88. The lowest BCUT2D eigenvalue weighted by Gasteiger charge is -2.11. The van der Waals surface area contributed by atoms with Gasteiger partial charge in [0.15, 0.2) is 0 Å². The monoisotopic (exact) mass is 366 g/mol. The molecule has 1 N–H and O–H groups in total. The summed E-state index contributed by atoms with van der Waals surface area (Å²) in [5.74, 6) is 0.254. The molecule has 6 nitrogen and oxygen atoms in total. The molecule has 0 aliphatic carbocycles. The molecule has 3 aromatic rings. The fraction of sp³-hybridized carbons (Fsp3) is 0.238. The molecule has 0 unspecified atom stereocenters. The molecule has 0 spiro atoms. The minimum Gasteiger partial charge on any atom is -0.487 e. The van der Waals surface area contributed by atoms with E-state index in [1.165, 1.54) is 6.20 Å². The molecule has 0 saturated carbocycles. The van der Waals surface area contributed by atoms with Crippen molar-refractivity contribution in [1.82, 2.24) is 9.78 Å². The number of rotatable bonds is 8. The summed E-state index contributed by atoms with van der Waals surface area (Å²) in [4.78, 5) is 12.3. The van der Waals surface area contributed by atoms with Crippen LogP contribution in [-0.4, -0.2) is 34.1 Å². The van der Waals surface area contributed by atoms with E-state index in [1.807, 2.05) is 54.6 Å². The van der Waals surface area contributed by atoms with Crippen molar-refractivity contribution in [2.24, 2.45) is 0 Å². The summed E-state index contributed by atoms with van der Waals surface area (Å²) < 4.78 is 12.7. The molecule has 27 heavy (non-hydrogen) atoms. The Labute approximate surface area is 158 Å². The molecule has 0 amide bonds. The Bertz CT molecular complexity index is 873. The smallest absolute Gasteiger partial charge is 0.341 e. The van der Waals surface area contributed by atoms with Crippen LogP contribution in [0.3, 0.4) is 0 Å². The molecule has 0 fully saturated rings. The van der Waals surface area contributed by atoms with E-state index in [0.29, 0.717) is 30.0 Å². The maximum Gasteiger partial charge on any atom is 0.341 e. The highest BCUT2D eigenvalue weighted by Crippen LogP contribution is 2.20. The highest BCUT2D eigenvalue weighted by atomic mass is 16.5. The second kappa shape index (κ2) is 9.00. The standard InChI is InChI=1S/C21H22N2O4/c1-2-26-21(25)19-14-22-23(17-6-4-3-5-7-17)20(19)15-27-18-10-8-16(9-11-18)12-13-24/h3-11,14,24H,2,12-13,15H2,1H3. The molecule has 0 radical (unpaired) electrons. The van der Waals surface area contributed by atoms with Crippen LogP contribution in [-0.2, 0) is 17.8 Å². The summed E-state index contributed by atoms with van der Waals surface area (Å²) in [6.45, 7) is 2.34. The predicted molar refractivity (Wildman–Crippen MR) is 101 cm³/mol. The van der Waals surface area contributed by atoms with Crippen molar-refractivity contribution in [3.63, 3.8) is 0 Å². The Morgan fingerprint density at radius 1 is 1.11 bits per heavy atom. The van der Waals surface area contributed by atoms with E-state index in [0.717, 1.165) is 11.3 Å². The third kappa shape index (κ3) is 4.54. The maximum absolute atomic E-state index is 12.3. The second-order valence-corrected chi connectivity index (χ2v) is 5.88. The van der Waals surface area contributed by atoms with E-state index in [2.05, 4.69) is 5.10 Å².